The van der Waals surface area contributed by atoms with Gasteiger partial charge in [-0.25, -0.2) is 0 Å². The number of hydrogen-bond acceptors (Lipinski definition) is 2. The van der Waals surface area contributed by atoms with Gasteiger partial charge in [-0.15, -0.1) is 0 Å². The number of hydrogen-bond donors (Lipinski definition) is 1. The Morgan fingerprint density at radius 3 is 2.87 bits per heavy atom. The van der Waals surface area contributed by atoms with Crippen molar-refractivity contribution in [3.63, 3.8) is 0 Å². The third-order valence-corrected chi connectivity index (χ3v) is 3.73. The average molecular weight is 202 g/mol. The summed E-state index contributed by atoms with van der Waals surface area (Å²) in [6.45, 7) is 0. The van der Waals surface area contributed by atoms with Gasteiger partial charge in [0, 0.05) is 6.20 Å². The SMILES string of the molecule is O=C1Nc2cnccc2C12CCCCC2. The molecule has 15 heavy (non-hydrogen) atoms. The van der Waals surface area contributed by atoms with Crippen molar-refractivity contribution in [1.82, 2.24) is 4.98 Å². The molecule has 1 spiro atoms. The Kier molecular flexibility index (Phi) is 1.81. The van der Waals surface area contributed by atoms with Gasteiger partial charge in [-0.1, -0.05) is 19.3 Å². The molecule has 1 aromatic rings. The Morgan fingerprint density at radius 2 is 2.07 bits per heavy atom. The van der Waals surface area contributed by atoms with Crippen molar-refractivity contribution in [3.8, 4) is 0 Å². The molecule has 3 nitrogen and oxygen atoms in total. The standard InChI is InChI=1S/C12H14N2O/c15-11-12(5-2-1-3-6-12)9-4-7-13-8-10(9)14-11/h4,7-8H,1-3,5-6H2,(H,14,15). The van der Waals surface area contributed by atoms with Crippen molar-refractivity contribution >= 4 is 11.6 Å². The fraction of sp³-hybridized carbons (Fsp3) is 0.500. The van der Waals surface area contributed by atoms with Crippen LogP contribution >= 0.6 is 0 Å². The largest absolute Gasteiger partial charge is 0.324 e. The highest BCUT2D eigenvalue weighted by molar-refractivity contribution is 6.06. The van der Waals surface area contributed by atoms with Crippen LogP contribution in [0.2, 0.25) is 0 Å². The third-order valence-electron chi connectivity index (χ3n) is 3.73. The van der Waals surface area contributed by atoms with Crippen LogP contribution in [0.15, 0.2) is 18.5 Å². The Labute approximate surface area is 88.9 Å². The van der Waals surface area contributed by atoms with E-state index in [-0.39, 0.29) is 11.3 Å². The summed E-state index contributed by atoms with van der Waals surface area (Å²) in [7, 11) is 0. The molecule has 1 N–H and O–H groups in total. The minimum atomic E-state index is -0.226. The molecule has 78 valence electrons. The van der Waals surface area contributed by atoms with E-state index >= 15 is 0 Å². The van der Waals surface area contributed by atoms with Crippen LogP contribution in [0.5, 0.6) is 0 Å². The molecule has 1 aliphatic carbocycles. The number of rotatable bonds is 0. The fourth-order valence-corrected chi connectivity index (χ4v) is 2.93. The average Bonchev–Trinajstić information content (AvgIpc) is 2.55. The smallest absolute Gasteiger partial charge is 0.235 e. The van der Waals surface area contributed by atoms with E-state index in [0.29, 0.717) is 0 Å². The van der Waals surface area contributed by atoms with Crippen molar-refractivity contribution < 1.29 is 4.79 Å². The summed E-state index contributed by atoms with van der Waals surface area (Å²) in [4.78, 5) is 16.1. The monoisotopic (exact) mass is 202 g/mol. The van der Waals surface area contributed by atoms with Gasteiger partial charge in [0.25, 0.3) is 0 Å². The molecule has 2 aliphatic rings. The van der Waals surface area contributed by atoms with Gasteiger partial charge in [0.2, 0.25) is 5.91 Å². The molecule has 1 amide bonds. The zero-order chi connectivity index (χ0) is 10.3. The summed E-state index contributed by atoms with van der Waals surface area (Å²) >= 11 is 0. The van der Waals surface area contributed by atoms with Gasteiger partial charge >= 0.3 is 0 Å². The zero-order valence-electron chi connectivity index (χ0n) is 8.62. The number of pyridine rings is 1. The molecule has 0 unspecified atom stereocenters. The van der Waals surface area contributed by atoms with E-state index in [1.165, 1.54) is 12.0 Å². The number of anilines is 1. The number of amides is 1. The normalized spacial score (nSPS) is 22.5. The lowest BCUT2D eigenvalue weighted by Gasteiger charge is -2.31. The number of nitrogens with one attached hydrogen (secondary N) is 1. The lowest BCUT2D eigenvalue weighted by atomic mass is 9.70. The van der Waals surface area contributed by atoms with Gasteiger partial charge in [0.15, 0.2) is 0 Å². The highest BCUT2D eigenvalue weighted by atomic mass is 16.2. The van der Waals surface area contributed by atoms with Crippen LogP contribution < -0.4 is 5.32 Å². The van der Waals surface area contributed by atoms with E-state index in [0.717, 1.165) is 31.4 Å². The van der Waals surface area contributed by atoms with E-state index in [1.807, 2.05) is 6.07 Å². The van der Waals surface area contributed by atoms with Crippen LogP contribution in [0.3, 0.4) is 0 Å². The maximum atomic E-state index is 12.1. The number of nitrogens with zero attached hydrogens (tertiary/aromatic N) is 1. The summed E-state index contributed by atoms with van der Waals surface area (Å²) in [6, 6.07) is 2.00. The summed E-state index contributed by atoms with van der Waals surface area (Å²) < 4.78 is 0. The van der Waals surface area contributed by atoms with Crippen LogP contribution in [0.4, 0.5) is 5.69 Å². The van der Waals surface area contributed by atoms with Crippen molar-refractivity contribution in [2.75, 3.05) is 5.32 Å². The van der Waals surface area contributed by atoms with E-state index in [2.05, 4.69) is 10.3 Å². The molecule has 0 atom stereocenters. The quantitative estimate of drug-likeness (QED) is 0.701. The molecule has 1 saturated carbocycles. The topological polar surface area (TPSA) is 42.0 Å². The molecule has 0 saturated heterocycles. The predicted octanol–water partition coefficient (Wildman–Crippen LogP) is 2.24. The number of fused-ring (bicyclic) bond motifs is 2. The lowest BCUT2D eigenvalue weighted by molar-refractivity contribution is -0.121. The van der Waals surface area contributed by atoms with Gasteiger partial charge in [-0.05, 0) is 24.5 Å². The second-order valence-corrected chi connectivity index (χ2v) is 4.52. The summed E-state index contributed by atoms with van der Waals surface area (Å²) in [5.41, 5.74) is 1.86. The maximum absolute atomic E-state index is 12.1. The number of carbonyl (C=O) groups is 1. The molecule has 2 heterocycles. The molecule has 3 heteroatoms. The minimum absolute atomic E-state index is 0.185. The van der Waals surface area contributed by atoms with E-state index < -0.39 is 0 Å². The zero-order valence-corrected chi connectivity index (χ0v) is 8.62. The van der Waals surface area contributed by atoms with Crippen LogP contribution in [0.1, 0.15) is 37.7 Å². The van der Waals surface area contributed by atoms with Crippen molar-refractivity contribution in [2.45, 2.75) is 37.5 Å². The first kappa shape index (κ1) is 8.89. The van der Waals surface area contributed by atoms with Crippen LogP contribution in [-0.2, 0) is 10.2 Å². The molecular weight excluding hydrogens is 188 g/mol. The van der Waals surface area contributed by atoms with Crippen LogP contribution in [0.25, 0.3) is 0 Å². The first-order valence-electron chi connectivity index (χ1n) is 5.59. The second kappa shape index (κ2) is 3.05. The Hall–Kier alpha value is -1.38. The summed E-state index contributed by atoms with van der Waals surface area (Å²) in [5, 5.41) is 2.96. The van der Waals surface area contributed by atoms with E-state index in [4.69, 9.17) is 0 Å². The molecule has 3 rings (SSSR count). The van der Waals surface area contributed by atoms with Gasteiger partial charge in [-0.2, -0.15) is 0 Å². The van der Waals surface area contributed by atoms with Gasteiger partial charge < -0.3 is 5.32 Å². The summed E-state index contributed by atoms with van der Waals surface area (Å²) in [6.07, 6.45) is 9.12. The third kappa shape index (κ3) is 1.12. The van der Waals surface area contributed by atoms with Gasteiger partial charge in [0.05, 0.1) is 17.3 Å². The molecule has 1 aliphatic heterocycles. The van der Waals surface area contributed by atoms with Crippen molar-refractivity contribution in [2.24, 2.45) is 0 Å². The summed E-state index contributed by atoms with van der Waals surface area (Å²) in [5.74, 6) is 0.185. The Balaban J connectivity index is 2.11. The molecule has 0 bridgehead atoms. The Bertz CT molecular complexity index is 408. The van der Waals surface area contributed by atoms with Gasteiger partial charge in [0.1, 0.15) is 0 Å². The molecule has 0 radical (unpaired) electrons. The Morgan fingerprint density at radius 1 is 1.27 bits per heavy atom. The van der Waals surface area contributed by atoms with Gasteiger partial charge in [-0.3, -0.25) is 9.78 Å². The van der Waals surface area contributed by atoms with Crippen molar-refractivity contribution in [1.29, 1.82) is 0 Å². The molecule has 0 aromatic carbocycles. The second-order valence-electron chi connectivity index (χ2n) is 4.52. The van der Waals surface area contributed by atoms with Crippen LogP contribution in [0, 0.1) is 0 Å². The maximum Gasteiger partial charge on any atom is 0.235 e. The predicted molar refractivity (Wildman–Crippen MR) is 57.6 cm³/mol. The van der Waals surface area contributed by atoms with Crippen LogP contribution in [-0.4, -0.2) is 10.9 Å². The highest BCUT2D eigenvalue weighted by Crippen LogP contribution is 2.46. The molecule has 1 fully saturated rings. The van der Waals surface area contributed by atoms with E-state index in [1.54, 1.807) is 12.4 Å². The molecular formula is C12H14N2O. The number of aromatic nitrogens is 1. The fourth-order valence-electron chi connectivity index (χ4n) is 2.93. The first-order chi connectivity index (χ1) is 7.33. The lowest BCUT2D eigenvalue weighted by Crippen LogP contribution is -2.36. The first-order valence-corrected chi connectivity index (χ1v) is 5.59. The number of carbonyl (C=O) groups excluding carboxylic acids is 1. The molecule has 1 aromatic heterocycles. The van der Waals surface area contributed by atoms with Crippen molar-refractivity contribution in [3.05, 3.63) is 24.0 Å². The van der Waals surface area contributed by atoms with E-state index in [9.17, 15) is 4.79 Å². The highest BCUT2D eigenvalue weighted by Gasteiger charge is 2.46. The minimum Gasteiger partial charge on any atom is -0.324 e.